The predicted molar refractivity (Wildman–Crippen MR) is 76.0 cm³/mol. The van der Waals surface area contributed by atoms with Crippen molar-refractivity contribution in [3.8, 4) is 5.75 Å². The number of ether oxygens (including phenoxy) is 2. The number of amides is 2. The highest BCUT2D eigenvalue weighted by Gasteiger charge is 2.22. The van der Waals surface area contributed by atoms with E-state index in [1.807, 2.05) is 0 Å². The number of anilines is 1. The highest BCUT2D eigenvalue weighted by molar-refractivity contribution is 6.00. The lowest BCUT2D eigenvalue weighted by atomic mass is 10.1. The van der Waals surface area contributed by atoms with Crippen LogP contribution in [-0.2, 0) is 14.3 Å². The van der Waals surface area contributed by atoms with Gasteiger partial charge in [-0.2, -0.15) is 0 Å². The maximum atomic E-state index is 12.4. The van der Waals surface area contributed by atoms with Crippen LogP contribution in [0.4, 0.5) is 5.69 Å². The molecular weight excluding hydrogens is 292 g/mol. The van der Waals surface area contributed by atoms with Crippen LogP contribution in [0.15, 0.2) is 18.2 Å². The van der Waals surface area contributed by atoms with Crippen molar-refractivity contribution in [2.75, 3.05) is 38.7 Å². The Morgan fingerprint density at radius 2 is 2.23 bits per heavy atom. The van der Waals surface area contributed by atoms with Crippen molar-refractivity contribution in [1.82, 2.24) is 4.90 Å². The molecule has 118 valence electrons. The molecule has 0 radical (unpaired) electrons. The van der Waals surface area contributed by atoms with Gasteiger partial charge in [-0.1, -0.05) is 0 Å². The molecule has 1 aromatic carbocycles. The number of carbonyl (C=O) groups excluding carboxylic acids is 2. The number of methoxy groups -OCH3 is 1. The van der Waals surface area contributed by atoms with Gasteiger partial charge in [0.05, 0.1) is 12.3 Å². The van der Waals surface area contributed by atoms with Gasteiger partial charge in [0.1, 0.15) is 12.3 Å². The summed E-state index contributed by atoms with van der Waals surface area (Å²) in [5.41, 5.74) is 0.658. The number of rotatable bonds is 6. The van der Waals surface area contributed by atoms with E-state index >= 15 is 0 Å². The molecule has 0 aliphatic carbocycles. The minimum Gasteiger partial charge on any atom is -0.482 e. The Bertz CT molecular complexity index is 601. The van der Waals surface area contributed by atoms with Crippen LogP contribution in [0, 0.1) is 0 Å². The van der Waals surface area contributed by atoms with E-state index in [1.165, 1.54) is 24.1 Å². The smallest absolute Gasteiger partial charge is 0.323 e. The van der Waals surface area contributed by atoms with Crippen molar-refractivity contribution in [2.45, 2.75) is 0 Å². The molecule has 2 amide bonds. The van der Waals surface area contributed by atoms with E-state index in [1.54, 1.807) is 6.07 Å². The van der Waals surface area contributed by atoms with Crippen molar-refractivity contribution in [2.24, 2.45) is 0 Å². The third-order valence-electron chi connectivity index (χ3n) is 3.04. The molecule has 0 saturated heterocycles. The van der Waals surface area contributed by atoms with Gasteiger partial charge in [-0.25, -0.2) is 0 Å². The summed E-state index contributed by atoms with van der Waals surface area (Å²) in [6.45, 7) is -0.118. The summed E-state index contributed by atoms with van der Waals surface area (Å²) in [7, 11) is 1.47. The quantitative estimate of drug-likeness (QED) is 0.777. The van der Waals surface area contributed by atoms with Crippen LogP contribution in [0.3, 0.4) is 0 Å². The summed E-state index contributed by atoms with van der Waals surface area (Å²) >= 11 is 0. The fraction of sp³-hybridized carbons (Fsp3) is 0.357. The lowest BCUT2D eigenvalue weighted by Crippen LogP contribution is -2.38. The third kappa shape index (κ3) is 3.73. The van der Waals surface area contributed by atoms with E-state index in [2.05, 4.69) is 5.32 Å². The van der Waals surface area contributed by atoms with E-state index in [9.17, 15) is 14.4 Å². The van der Waals surface area contributed by atoms with Gasteiger partial charge in [-0.15, -0.1) is 0 Å². The number of hydrogen-bond acceptors (Lipinski definition) is 5. The average molecular weight is 308 g/mol. The molecule has 1 heterocycles. The van der Waals surface area contributed by atoms with Gasteiger partial charge in [0.25, 0.3) is 11.8 Å². The summed E-state index contributed by atoms with van der Waals surface area (Å²) in [5.74, 6) is -1.40. The standard InChI is InChI=1S/C14H16N2O6/c1-21-5-4-16(7-13(18)19)14(20)9-2-3-11-10(6-9)15-12(17)8-22-11/h2-3,6H,4-5,7-8H2,1H3,(H,15,17)(H,18,19). The highest BCUT2D eigenvalue weighted by atomic mass is 16.5. The number of carboxylic acid groups (broad SMARTS) is 1. The third-order valence-corrected chi connectivity index (χ3v) is 3.04. The van der Waals surface area contributed by atoms with E-state index in [-0.39, 0.29) is 31.2 Å². The number of aliphatic carboxylic acids is 1. The molecule has 0 unspecified atom stereocenters. The SMILES string of the molecule is COCCN(CC(=O)O)C(=O)c1ccc2c(c1)NC(=O)CO2. The topological polar surface area (TPSA) is 105 Å². The molecule has 8 nitrogen and oxygen atoms in total. The summed E-state index contributed by atoms with van der Waals surface area (Å²) in [5, 5.41) is 11.5. The molecule has 0 atom stereocenters. The second-order valence-corrected chi connectivity index (χ2v) is 4.66. The highest BCUT2D eigenvalue weighted by Crippen LogP contribution is 2.28. The first kappa shape index (κ1) is 15.8. The van der Waals surface area contributed by atoms with E-state index in [0.717, 1.165) is 0 Å². The van der Waals surface area contributed by atoms with Gasteiger partial charge in [0.15, 0.2) is 6.61 Å². The molecule has 2 N–H and O–H groups in total. The number of benzene rings is 1. The zero-order valence-corrected chi connectivity index (χ0v) is 12.0. The second kappa shape index (κ2) is 6.90. The van der Waals surface area contributed by atoms with Gasteiger partial charge < -0.3 is 24.8 Å². The minimum atomic E-state index is -1.11. The number of hydrogen-bond donors (Lipinski definition) is 2. The molecule has 0 fully saturated rings. The molecule has 8 heteroatoms. The minimum absolute atomic E-state index is 0.0702. The monoisotopic (exact) mass is 308 g/mol. The van der Waals surface area contributed by atoms with Crippen LogP contribution in [0.5, 0.6) is 5.75 Å². The lowest BCUT2D eigenvalue weighted by Gasteiger charge is -2.22. The molecule has 1 aliphatic rings. The van der Waals surface area contributed by atoms with Crippen molar-refractivity contribution < 1.29 is 29.0 Å². The maximum Gasteiger partial charge on any atom is 0.323 e. The summed E-state index contributed by atoms with van der Waals surface area (Å²) < 4.78 is 10.1. The molecular formula is C14H16N2O6. The fourth-order valence-corrected chi connectivity index (χ4v) is 2.02. The first-order valence-corrected chi connectivity index (χ1v) is 6.58. The number of nitrogens with zero attached hydrogens (tertiary/aromatic N) is 1. The van der Waals surface area contributed by atoms with Crippen LogP contribution in [0.25, 0.3) is 0 Å². The molecule has 1 aromatic rings. The molecule has 22 heavy (non-hydrogen) atoms. The van der Waals surface area contributed by atoms with Crippen LogP contribution >= 0.6 is 0 Å². The summed E-state index contributed by atoms with van der Waals surface area (Å²) in [6.07, 6.45) is 0. The zero-order valence-electron chi connectivity index (χ0n) is 12.0. The van der Waals surface area contributed by atoms with E-state index < -0.39 is 18.4 Å². The molecule has 1 aliphatic heterocycles. The first-order chi connectivity index (χ1) is 10.5. The van der Waals surface area contributed by atoms with Crippen LogP contribution in [-0.4, -0.2) is 61.2 Å². The van der Waals surface area contributed by atoms with Crippen LogP contribution in [0.2, 0.25) is 0 Å². The Kier molecular flexibility index (Phi) is 4.95. The Labute approximate surface area is 126 Å². The number of carboxylic acids is 1. The zero-order chi connectivity index (χ0) is 16.1. The van der Waals surface area contributed by atoms with Crippen molar-refractivity contribution in [3.05, 3.63) is 23.8 Å². The molecule has 0 aromatic heterocycles. The fourth-order valence-electron chi connectivity index (χ4n) is 2.02. The van der Waals surface area contributed by atoms with Crippen molar-refractivity contribution in [3.63, 3.8) is 0 Å². The van der Waals surface area contributed by atoms with Crippen molar-refractivity contribution >= 4 is 23.5 Å². The Morgan fingerprint density at radius 1 is 1.45 bits per heavy atom. The number of nitrogens with one attached hydrogen (secondary N) is 1. The number of fused-ring (bicyclic) bond motifs is 1. The maximum absolute atomic E-state index is 12.4. The van der Waals surface area contributed by atoms with E-state index in [0.29, 0.717) is 11.4 Å². The largest absolute Gasteiger partial charge is 0.482 e. The first-order valence-electron chi connectivity index (χ1n) is 6.58. The van der Waals surface area contributed by atoms with Gasteiger partial charge >= 0.3 is 5.97 Å². The molecule has 0 saturated carbocycles. The molecule has 0 spiro atoms. The van der Waals surface area contributed by atoms with E-state index in [4.69, 9.17) is 14.6 Å². The second-order valence-electron chi connectivity index (χ2n) is 4.66. The normalized spacial score (nSPS) is 12.9. The Balaban J connectivity index is 2.20. The van der Waals surface area contributed by atoms with Gasteiger partial charge in [0.2, 0.25) is 0 Å². The molecule has 2 rings (SSSR count). The lowest BCUT2D eigenvalue weighted by molar-refractivity contribution is -0.137. The van der Waals surface area contributed by atoms with Gasteiger partial charge in [-0.05, 0) is 18.2 Å². The summed E-state index contributed by atoms with van der Waals surface area (Å²) in [6, 6.07) is 4.56. The van der Waals surface area contributed by atoms with Gasteiger partial charge in [0, 0.05) is 19.2 Å². The average Bonchev–Trinajstić information content (AvgIpc) is 2.49. The Morgan fingerprint density at radius 3 is 2.91 bits per heavy atom. The summed E-state index contributed by atoms with van der Waals surface area (Å²) in [4.78, 5) is 35.7. The van der Waals surface area contributed by atoms with Crippen LogP contribution in [0.1, 0.15) is 10.4 Å². The Hall–Kier alpha value is -2.61. The van der Waals surface area contributed by atoms with Gasteiger partial charge in [-0.3, -0.25) is 14.4 Å². The number of carbonyl (C=O) groups is 3. The molecule has 0 bridgehead atoms. The predicted octanol–water partition coefficient (Wildman–Crippen LogP) is 0.191. The van der Waals surface area contributed by atoms with Crippen LogP contribution < -0.4 is 10.1 Å². The van der Waals surface area contributed by atoms with Crippen molar-refractivity contribution in [1.29, 1.82) is 0 Å².